The highest BCUT2D eigenvalue weighted by atomic mass is 19.1. The molecule has 6 heteroatoms. The summed E-state index contributed by atoms with van der Waals surface area (Å²) in [6, 6.07) is 5.10. The molecule has 0 radical (unpaired) electrons. The van der Waals surface area contributed by atoms with E-state index in [1.807, 2.05) is 0 Å². The number of benzene rings is 1. The molecule has 1 heterocycles. The third-order valence-electron chi connectivity index (χ3n) is 2.43. The molecule has 0 aliphatic heterocycles. The van der Waals surface area contributed by atoms with Crippen LogP contribution >= 0.6 is 0 Å². The minimum Gasteiger partial charge on any atom is -0.346 e. The van der Waals surface area contributed by atoms with Crippen molar-refractivity contribution in [2.45, 2.75) is 13.5 Å². The number of carbonyl (C=O) groups excluding carboxylic acids is 1. The van der Waals surface area contributed by atoms with E-state index in [2.05, 4.69) is 15.5 Å². The zero-order chi connectivity index (χ0) is 13.1. The summed E-state index contributed by atoms with van der Waals surface area (Å²) in [5, 5.41) is 8.77. The highest BCUT2D eigenvalue weighted by molar-refractivity contribution is 5.92. The Bertz CT molecular complexity index is 560. The minimum absolute atomic E-state index is 0.168. The number of hydrogen-bond donors (Lipinski definition) is 2. The van der Waals surface area contributed by atoms with Crippen LogP contribution in [0.1, 0.15) is 21.7 Å². The second kappa shape index (κ2) is 4.95. The number of H-pyrrole nitrogens is 1. The van der Waals surface area contributed by atoms with Crippen LogP contribution in [-0.2, 0) is 6.54 Å². The number of hydrogen-bond acceptors (Lipinski definition) is 2. The Balaban J connectivity index is 2.06. The first-order valence-corrected chi connectivity index (χ1v) is 5.31. The second-order valence-electron chi connectivity index (χ2n) is 3.82. The molecule has 1 aromatic carbocycles. The van der Waals surface area contributed by atoms with Gasteiger partial charge in [-0.25, -0.2) is 8.78 Å². The van der Waals surface area contributed by atoms with Crippen molar-refractivity contribution in [3.8, 4) is 0 Å². The Labute approximate surface area is 102 Å². The number of carbonyl (C=O) groups is 1. The molecule has 1 amide bonds. The first-order valence-electron chi connectivity index (χ1n) is 5.31. The zero-order valence-corrected chi connectivity index (χ0v) is 9.63. The largest absolute Gasteiger partial charge is 0.346 e. The highest BCUT2D eigenvalue weighted by Gasteiger charge is 2.12. The van der Waals surface area contributed by atoms with Gasteiger partial charge in [-0.1, -0.05) is 6.07 Å². The molecule has 0 atom stereocenters. The molecule has 0 spiro atoms. The van der Waals surface area contributed by atoms with Gasteiger partial charge in [0, 0.05) is 17.8 Å². The molecule has 1 aromatic heterocycles. The lowest BCUT2D eigenvalue weighted by Gasteiger charge is -2.05. The Morgan fingerprint density at radius 1 is 1.39 bits per heavy atom. The van der Waals surface area contributed by atoms with Gasteiger partial charge in [0.1, 0.15) is 17.3 Å². The average Bonchev–Trinajstić information content (AvgIpc) is 2.75. The maximum Gasteiger partial charge on any atom is 0.272 e. The van der Waals surface area contributed by atoms with Crippen molar-refractivity contribution in [2.75, 3.05) is 0 Å². The van der Waals surface area contributed by atoms with E-state index < -0.39 is 17.5 Å². The first kappa shape index (κ1) is 12.2. The van der Waals surface area contributed by atoms with Crippen molar-refractivity contribution in [1.29, 1.82) is 0 Å². The van der Waals surface area contributed by atoms with Crippen LogP contribution in [0, 0.1) is 18.6 Å². The molecule has 0 aliphatic rings. The summed E-state index contributed by atoms with van der Waals surface area (Å²) in [5.74, 6) is -1.86. The van der Waals surface area contributed by atoms with Gasteiger partial charge in [0.15, 0.2) is 0 Å². The fourth-order valence-electron chi connectivity index (χ4n) is 1.49. The SMILES string of the molecule is Cc1cc(C(=O)NCc2c(F)cccc2F)n[nH]1. The van der Waals surface area contributed by atoms with Gasteiger partial charge in [-0.2, -0.15) is 5.10 Å². The van der Waals surface area contributed by atoms with Gasteiger partial charge in [-0.05, 0) is 25.1 Å². The molecule has 2 rings (SSSR count). The summed E-state index contributed by atoms with van der Waals surface area (Å²) < 4.78 is 26.6. The van der Waals surface area contributed by atoms with E-state index >= 15 is 0 Å². The van der Waals surface area contributed by atoms with Gasteiger partial charge < -0.3 is 5.32 Å². The van der Waals surface area contributed by atoms with Crippen molar-refractivity contribution in [3.63, 3.8) is 0 Å². The van der Waals surface area contributed by atoms with Gasteiger partial charge in [-0.15, -0.1) is 0 Å². The summed E-state index contributed by atoms with van der Waals surface area (Å²) in [6.07, 6.45) is 0. The van der Waals surface area contributed by atoms with E-state index in [0.29, 0.717) is 0 Å². The lowest BCUT2D eigenvalue weighted by molar-refractivity contribution is 0.0945. The number of aromatic amines is 1. The van der Waals surface area contributed by atoms with Crippen LogP contribution in [0.4, 0.5) is 8.78 Å². The first-order chi connectivity index (χ1) is 8.58. The van der Waals surface area contributed by atoms with Gasteiger partial charge >= 0.3 is 0 Å². The molecule has 0 bridgehead atoms. The Morgan fingerprint density at radius 2 is 2.06 bits per heavy atom. The third-order valence-corrected chi connectivity index (χ3v) is 2.43. The van der Waals surface area contributed by atoms with Crippen molar-refractivity contribution < 1.29 is 13.6 Å². The Morgan fingerprint density at radius 3 is 2.61 bits per heavy atom. The smallest absolute Gasteiger partial charge is 0.272 e. The number of aromatic nitrogens is 2. The topological polar surface area (TPSA) is 57.8 Å². The van der Waals surface area contributed by atoms with Crippen molar-refractivity contribution in [3.05, 3.63) is 52.9 Å². The molecule has 0 unspecified atom stereocenters. The van der Waals surface area contributed by atoms with Gasteiger partial charge in [0.05, 0.1) is 0 Å². The van der Waals surface area contributed by atoms with E-state index in [9.17, 15) is 13.6 Å². The van der Waals surface area contributed by atoms with E-state index in [1.165, 1.54) is 6.07 Å². The second-order valence-corrected chi connectivity index (χ2v) is 3.82. The lowest BCUT2D eigenvalue weighted by Crippen LogP contribution is -2.24. The number of nitrogens with zero attached hydrogens (tertiary/aromatic N) is 1. The number of halogens is 2. The van der Waals surface area contributed by atoms with Crippen molar-refractivity contribution in [2.24, 2.45) is 0 Å². The van der Waals surface area contributed by atoms with E-state index in [-0.39, 0.29) is 17.8 Å². The molecule has 4 nitrogen and oxygen atoms in total. The van der Waals surface area contributed by atoms with Gasteiger partial charge in [-0.3, -0.25) is 9.89 Å². The van der Waals surface area contributed by atoms with Crippen LogP contribution in [-0.4, -0.2) is 16.1 Å². The Hall–Kier alpha value is -2.24. The molecular formula is C12H11F2N3O. The van der Waals surface area contributed by atoms with Crippen LogP contribution in [0.5, 0.6) is 0 Å². The molecule has 0 saturated carbocycles. The molecule has 0 aliphatic carbocycles. The molecule has 2 aromatic rings. The van der Waals surface area contributed by atoms with Gasteiger partial charge in [0.2, 0.25) is 0 Å². The van der Waals surface area contributed by atoms with Gasteiger partial charge in [0.25, 0.3) is 5.91 Å². The fourth-order valence-corrected chi connectivity index (χ4v) is 1.49. The number of nitrogens with one attached hydrogen (secondary N) is 2. The van der Waals surface area contributed by atoms with E-state index in [4.69, 9.17) is 0 Å². The van der Waals surface area contributed by atoms with Crippen molar-refractivity contribution in [1.82, 2.24) is 15.5 Å². The van der Waals surface area contributed by atoms with Crippen LogP contribution in [0.2, 0.25) is 0 Å². The Kier molecular flexibility index (Phi) is 3.36. The van der Waals surface area contributed by atoms with E-state index in [1.54, 1.807) is 13.0 Å². The monoisotopic (exact) mass is 251 g/mol. The molecule has 0 fully saturated rings. The molecule has 18 heavy (non-hydrogen) atoms. The summed E-state index contributed by atoms with van der Waals surface area (Å²) in [5.41, 5.74) is 0.750. The molecule has 0 saturated heterocycles. The van der Waals surface area contributed by atoms with Crippen LogP contribution in [0.25, 0.3) is 0 Å². The number of rotatable bonds is 3. The normalized spacial score (nSPS) is 10.4. The zero-order valence-electron chi connectivity index (χ0n) is 9.63. The molecular weight excluding hydrogens is 240 g/mol. The summed E-state index contributed by atoms with van der Waals surface area (Å²) in [7, 11) is 0. The standard InChI is InChI=1S/C12H11F2N3O/c1-7-5-11(17-16-7)12(18)15-6-8-9(13)3-2-4-10(8)14/h2-5H,6H2,1H3,(H,15,18)(H,16,17). The summed E-state index contributed by atoms with van der Waals surface area (Å²) in [4.78, 5) is 11.6. The third kappa shape index (κ3) is 2.53. The predicted molar refractivity (Wildman–Crippen MR) is 60.9 cm³/mol. The molecule has 2 N–H and O–H groups in total. The number of aryl methyl sites for hydroxylation is 1. The fraction of sp³-hybridized carbons (Fsp3) is 0.167. The van der Waals surface area contributed by atoms with Crippen LogP contribution in [0.15, 0.2) is 24.3 Å². The highest BCUT2D eigenvalue weighted by Crippen LogP contribution is 2.11. The quantitative estimate of drug-likeness (QED) is 0.875. The van der Waals surface area contributed by atoms with Crippen LogP contribution in [0.3, 0.4) is 0 Å². The maximum atomic E-state index is 13.3. The predicted octanol–water partition coefficient (Wildman–Crippen LogP) is 1.93. The van der Waals surface area contributed by atoms with E-state index in [0.717, 1.165) is 17.8 Å². The molecule has 94 valence electrons. The average molecular weight is 251 g/mol. The minimum atomic E-state index is -0.687. The lowest BCUT2D eigenvalue weighted by atomic mass is 10.2. The summed E-state index contributed by atoms with van der Waals surface area (Å²) >= 11 is 0. The maximum absolute atomic E-state index is 13.3. The van der Waals surface area contributed by atoms with Crippen molar-refractivity contribution >= 4 is 5.91 Å². The summed E-state index contributed by atoms with van der Waals surface area (Å²) in [6.45, 7) is 1.53. The van der Waals surface area contributed by atoms with Crippen LogP contribution < -0.4 is 5.32 Å². The number of amides is 1.